The van der Waals surface area contributed by atoms with Crippen LogP contribution in [-0.4, -0.2) is 22.4 Å². The number of carbonyl (C=O) groups is 1. The Hall–Kier alpha value is -2.92. The van der Waals surface area contributed by atoms with Crippen molar-refractivity contribution in [1.82, 2.24) is 9.97 Å². The molecule has 4 rings (SSSR count). The second-order valence-electron chi connectivity index (χ2n) is 6.50. The number of amides is 1. The molecular weight excluding hydrogens is 360 g/mol. The molecule has 27 heavy (non-hydrogen) atoms. The Bertz CT molecular complexity index is 988. The summed E-state index contributed by atoms with van der Waals surface area (Å²) in [5, 5.41) is 3.97. The zero-order valence-electron chi connectivity index (χ0n) is 14.9. The fourth-order valence-electron chi connectivity index (χ4n) is 3.25. The Labute approximate surface area is 163 Å². The van der Waals surface area contributed by atoms with Gasteiger partial charge in [-0.25, -0.2) is 9.97 Å². The van der Waals surface area contributed by atoms with Gasteiger partial charge >= 0.3 is 0 Å². The number of nitrogens with zero attached hydrogens (tertiary/aromatic N) is 3. The maximum absolute atomic E-state index is 13.0. The molecule has 1 aromatic heterocycles. The van der Waals surface area contributed by atoms with Crippen LogP contribution >= 0.6 is 11.6 Å². The molecule has 0 aliphatic carbocycles. The number of para-hydroxylation sites is 1. The maximum Gasteiger partial charge on any atom is 0.277 e. The molecule has 2 heterocycles. The molecule has 6 heteroatoms. The lowest BCUT2D eigenvalue weighted by Gasteiger charge is -2.17. The van der Waals surface area contributed by atoms with E-state index < -0.39 is 0 Å². The quantitative estimate of drug-likeness (QED) is 0.737. The van der Waals surface area contributed by atoms with Gasteiger partial charge in [-0.05, 0) is 42.7 Å². The number of halogens is 1. The van der Waals surface area contributed by atoms with Gasteiger partial charge in [-0.2, -0.15) is 0 Å². The molecule has 0 radical (unpaired) electrons. The van der Waals surface area contributed by atoms with Crippen LogP contribution in [0.5, 0.6) is 0 Å². The van der Waals surface area contributed by atoms with Crippen molar-refractivity contribution >= 4 is 29.0 Å². The molecule has 0 fully saturated rings. The summed E-state index contributed by atoms with van der Waals surface area (Å²) in [5.74, 6) is 1.10. The minimum absolute atomic E-state index is 0.0972. The fraction of sp³-hybridized carbons (Fsp3) is 0.190. The van der Waals surface area contributed by atoms with E-state index in [2.05, 4.69) is 21.4 Å². The summed E-state index contributed by atoms with van der Waals surface area (Å²) >= 11 is 5.92. The molecule has 5 nitrogen and oxygen atoms in total. The number of aromatic nitrogens is 2. The number of carbonyl (C=O) groups excluding carboxylic acids is 1. The summed E-state index contributed by atoms with van der Waals surface area (Å²) < 4.78 is 0. The van der Waals surface area contributed by atoms with Crippen molar-refractivity contribution in [1.29, 1.82) is 0 Å². The van der Waals surface area contributed by atoms with Crippen LogP contribution < -0.4 is 10.2 Å². The smallest absolute Gasteiger partial charge is 0.277 e. The first kappa shape index (κ1) is 17.5. The molecule has 136 valence electrons. The molecule has 0 saturated carbocycles. The molecule has 1 amide bonds. The van der Waals surface area contributed by atoms with Crippen LogP contribution in [0.4, 0.5) is 11.5 Å². The molecular formula is C21H19ClN4O. The van der Waals surface area contributed by atoms with Gasteiger partial charge < -0.3 is 10.2 Å². The highest BCUT2D eigenvalue weighted by Gasteiger charge is 2.26. The highest BCUT2D eigenvalue weighted by molar-refractivity contribution is 6.30. The third-order valence-electron chi connectivity index (χ3n) is 4.58. The molecule has 0 atom stereocenters. The third-order valence-corrected chi connectivity index (χ3v) is 4.83. The Morgan fingerprint density at radius 1 is 1.15 bits per heavy atom. The van der Waals surface area contributed by atoms with Gasteiger partial charge in [0, 0.05) is 29.9 Å². The van der Waals surface area contributed by atoms with Gasteiger partial charge in [-0.15, -0.1) is 0 Å². The number of nitrogens with one attached hydrogen (secondary N) is 1. The first-order valence-corrected chi connectivity index (χ1v) is 9.22. The first-order chi connectivity index (χ1) is 13.1. The third kappa shape index (κ3) is 3.78. The minimum Gasteiger partial charge on any atom is -0.366 e. The molecule has 0 saturated heterocycles. The minimum atomic E-state index is -0.0972. The van der Waals surface area contributed by atoms with Crippen molar-refractivity contribution in [3.05, 3.63) is 82.3 Å². The lowest BCUT2D eigenvalue weighted by atomic mass is 10.2. The van der Waals surface area contributed by atoms with Crippen molar-refractivity contribution in [2.45, 2.75) is 19.9 Å². The lowest BCUT2D eigenvalue weighted by Crippen LogP contribution is -2.30. The molecule has 1 aliphatic heterocycles. The zero-order chi connectivity index (χ0) is 18.8. The molecule has 2 aromatic carbocycles. The van der Waals surface area contributed by atoms with Gasteiger partial charge in [0.15, 0.2) is 0 Å². The van der Waals surface area contributed by atoms with Crippen molar-refractivity contribution in [2.75, 3.05) is 16.8 Å². The molecule has 0 bridgehead atoms. The standard InChI is InChI=1S/C21H19ClN4O/c1-14-24-18(21(27)26-11-10-16-4-2-3-5-19(16)26)12-20(25-14)23-13-15-6-8-17(22)9-7-15/h2-9,12H,10-11,13H2,1H3,(H,23,24,25). The molecule has 3 aromatic rings. The van der Waals surface area contributed by atoms with Gasteiger partial charge in [0.05, 0.1) is 0 Å². The van der Waals surface area contributed by atoms with Gasteiger partial charge in [-0.1, -0.05) is 41.9 Å². The first-order valence-electron chi connectivity index (χ1n) is 8.84. The van der Waals surface area contributed by atoms with Crippen molar-refractivity contribution in [3.8, 4) is 0 Å². The molecule has 0 spiro atoms. The number of fused-ring (bicyclic) bond motifs is 1. The lowest BCUT2D eigenvalue weighted by molar-refractivity contribution is 0.0984. The van der Waals surface area contributed by atoms with Crippen LogP contribution in [0.3, 0.4) is 0 Å². The summed E-state index contributed by atoms with van der Waals surface area (Å²) in [5.41, 5.74) is 3.64. The highest BCUT2D eigenvalue weighted by Crippen LogP contribution is 2.28. The second kappa shape index (κ2) is 7.37. The van der Waals surface area contributed by atoms with Crippen LogP contribution in [0.1, 0.15) is 27.4 Å². The van der Waals surface area contributed by atoms with E-state index in [0.717, 1.165) is 17.7 Å². The van der Waals surface area contributed by atoms with E-state index in [1.54, 1.807) is 17.9 Å². The fourth-order valence-corrected chi connectivity index (χ4v) is 3.38. The van der Waals surface area contributed by atoms with E-state index >= 15 is 0 Å². The average molecular weight is 379 g/mol. The van der Waals surface area contributed by atoms with E-state index in [1.807, 2.05) is 42.5 Å². The van der Waals surface area contributed by atoms with Gasteiger partial charge in [0.2, 0.25) is 0 Å². The van der Waals surface area contributed by atoms with E-state index in [4.69, 9.17) is 11.6 Å². The van der Waals surface area contributed by atoms with Crippen molar-refractivity contribution < 1.29 is 4.79 Å². The average Bonchev–Trinajstić information content (AvgIpc) is 3.11. The predicted octanol–water partition coefficient (Wildman–Crippen LogP) is 4.25. The van der Waals surface area contributed by atoms with Crippen molar-refractivity contribution in [2.24, 2.45) is 0 Å². The number of hydrogen-bond acceptors (Lipinski definition) is 4. The Balaban J connectivity index is 1.54. The van der Waals surface area contributed by atoms with E-state index in [-0.39, 0.29) is 5.91 Å². The number of benzene rings is 2. The Morgan fingerprint density at radius 3 is 2.74 bits per heavy atom. The number of anilines is 2. The monoisotopic (exact) mass is 378 g/mol. The van der Waals surface area contributed by atoms with Crippen molar-refractivity contribution in [3.63, 3.8) is 0 Å². The summed E-state index contributed by atoms with van der Waals surface area (Å²) in [4.78, 5) is 23.6. The number of hydrogen-bond donors (Lipinski definition) is 1. The summed E-state index contributed by atoms with van der Waals surface area (Å²) in [6, 6.07) is 17.3. The zero-order valence-corrected chi connectivity index (χ0v) is 15.7. The molecule has 1 aliphatic rings. The summed E-state index contributed by atoms with van der Waals surface area (Å²) in [6.45, 7) is 3.06. The van der Waals surface area contributed by atoms with Gasteiger partial charge in [0.25, 0.3) is 5.91 Å². The van der Waals surface area contributed by atoms with E-state index in [1.165, 1.54) is 5.56 Å². The topological polar surface area (TPSA) is 58.1 Å². The van der Waals surface area contributed by atoms with Crippen LogP contribution in [0.15, 0.2) is 54.6 Å². The highest BCUT2D eigenvalue weighted by atomic mass is 35.5. The van der Waals surface area contributed by atoms with Crippen LogP contribution in [0.2, 0.25) is 5.02 Å². The predicted molar refractivity (Wildman–Crippen MR) is 107 cm³/mol. The van der Waals surface area contributed by atoms with E-state index in [9.17, 15) is 4.79 Å². The number of rotatable bonds is 4. The van der Waals surface area contributed by atoms with Crippen LogP contribution in [0.25, 0.3) is 0 Å². The summed E-state index contributed by atoms with van der Waals surface area (Å²) in [7, 11) is 0. The van der Waals surface area contributed by atoms with Crippen LogP contribution in [-0.2, 0) is 13.0 Å². The largest absolute Gasteiger partial charge is 0.366 e. The normalized spacial score (nSPS) is 12.7. The van der Waals surface area contributed by atoms with Crippen LogP contribution in [0, 0.1) is 6.92 Å². The molecule has 1 N–H and O–H groups in total. The van der Waals surface area contributed by atoms with E-state index in [0.29, 0.717) is 35.4 Å². The summed E-state index contributed by atoms with van der Waals surface area (Å²) in [6.07, 6.45) is 0.869. The second-order valence-corrected chi connectivity index (χ2v) is 6.94. The molecule has 0 unspecified atom stereocenters. The number of aryl methyl sites for hydroxylation is 1. The Kier molecular flexibility index (Phi) is 4.77. The SMILES string of the molecule is Cc1nc(NCc2ccc(Cl)cc2)cc(C(=O)N2CCc3ccccc32)n1. The maximum atomic E-state index is 13.0. The van der Waals surface area contributed by atoms with Gasteiger partial charge in [0.1, 0.15) is 17.3 Å². The van der Waals surface area contributed by atoms with Gasteiger partial charge in [-0.3, -0.25) is 4.79 Å². The Morgan fingerprint density at radius 2 is 1.93 bits per heavy atom.